The molecule has 1 aromatic heterocycles. The SMILES string of the molecule is O=C(CCc1ncc(-c2ccccc2F)o1)Nc1cc2c(cc1Br)OCCO2. The van der Waals surface area contributed by atoms with E-state index < -0.39 is 0 Å². The number of hydrogen-bond acceptors (Lipinski definition) is 5. The number of nitrogens with zero attached hydrogens (tertiary/aromatic N) is 1. The molecule has 8 heteroatoms. The molecule has 0 bridgehead atoms. The smallest absolute Gasteiger partial charge is 0.224 e. The van der Waals surface area contributed by atoms with E-state index in [4.69, 9.17) is 13.9 Å². The lowest BCUT2D eigenvalue weighted by Crippen LogP contribution is -2.17. The third-order valence-corrected chi connectivity index (χ3v) is 4.82. The fourth-order valence-electron chi connectivity index (χ4n) is 2.80. The summed E-state index contributed by atoms with van der Waals surface area (Å²) in [5, 5.41) is 2.83. The van der Waals surface area contributed by atoms with Gasteiger partial charge in [0.15, 0.2) is 23.1 Å². The van der Waals surface area contributed by atoms with Crippen LogP contribution in [0.4, 0.5) is 10.1 Å². The standard InChI is InChI=1S/C20H16BrFN2O4/c21-13-9-16-17(27-8-7-26-16)10-15(13)24-19(25)5-6-20-23-11-18(28-20)12-3-1-2-4-14(12)22/h1-4,9-11H,5-8H2,(H,24,25). The molecule has 3 aromatic rings. The molecule has 1 amide bonds. The first-order chi connectivity index (χ1) is 13.6. The van der Waals surface area contributed by atoms with Crippen molar-refractivity contribution in [2.24, 2.45) is 0 Å². The number of rotatable bonds is 5. The van der Waals surface area contributed by atoms with Crippen molar-refractivity contribution >= 4 is 27.5 Å². The van der Waals surface area contributed by atoms with E-state index in [1.807, 2.05) is 0 Å². The van der Waals surface area contributed by atoms with Gasteiger partial charge in [0.2, 0.25) is 5.91 Å². The highest BCUT2D eigenvalue weighted by atomic mass is 79.9. The van der Waals surface area contributed by atoms with E-state index >= 15 is 0 Å². The second kappa shape index (κ2) is 8.02. The first-order valence-electron chi connectivity index (χ1n) is 8.69. The number of carbonyl (C=O) groups excluding carboxylic acids is 1. The molecular formula is C20H16BrFN2O4. The van der Waals surface area contributed by atoms with Crippen LogP contribution in [0.3, 0.4) is 0 Å². The normalized spacial score (nSPS) is 12.6. The van der Waals surface area contributed by atoms with Gasteiger partial charge in [-0.05, 0) is 28.1 Å². The Balaban J connectivity index is 1.38. The maximum Gasteiger partial charge on any atom is 0.224 e. The third-order valence-electron chi connectivity index (χ3n) is 4.16. The van der Waals surface area contributed by atoms with E-state index in [2.05, 4.69) is 26.2 Å². The van der Waals surface area contributed by atoms with Crippen LogP contribution < -0.4 is 14.8 Å². The molecule has 0 aliphatic carbocycles. The Morgan fingerprint density at radius 3 is 2.71 bits per heavy atom. The summed E-state index contributed by atoms with van der Waals surface area (Å²) in [5.74, 6) is 1.34. The lowest BCUT2D eigenvalue weighted by atomic mass is 10.2. The van der Waals surface area contributed by atoms with Gasteiger partial charge in [0.1, 0.15) is 19.0 Å². The van der Waals surface area contributed by atoms with Gasteiger partial charge in [-0.3, -0.25) is 4.79 Å². The molecule has 144 valence electrons. The van der Waals surface area contributed by atoms with Gasteiger partial charge in [-0.15, -0.1) is 0 Å². The molecular weight excluding hydrogens is 431 g/mol. The molecule has 1 aliphatic heterocycles. The number of amides is 1. The number of aryl methyl sites for hydroxylation is 1. The van der Waals surface area contributed by atoms with Crippen molar-refractivity contribution < 1.29 is 23.1 Å². The number of aromatic nitrogens is 1. The second-order valence-corrected chi connectivity index (χ2v) is 6.98. The molecule has 6 nitrogen and oxygen atoms in total. The van der Waals surface area contributed by atoms with Gasteiger partial charge >= 0.3 is 0 Å². The molecule has 0 radical (unpaired) electrons. The first-order valence-corrected chi connectivity index (χ1v) is 9.48. The van der Waals surface area contributed by atoms with Crippen molar-refractivity contribution in [3.8, 4) is 22.8 Å². The molecule has 0 saturated carbocycles. The van der Waals surface area contributed by atoms with E-state index in [0.717, 1.165) is 0 Å². The van der Waals surface area contributed by atoms with Crippen molar-refractivity contribution in [3.63, 3.8) is 0 Å². The lowest BCUT2D eigenvalue weighted by Gasteiger charge is -2.20. The minimum Gasteiger partial charge on any atom is -0.486 e. The molecule has 1 aliphatic rings. The first kappa shape index (κ1) is 18.5. The fraction of sp³-hybridized carbons (Fsp3) is 0.200. The van der Waals surface area contributed by atoms with Crippen LogP contribution in [0.5, 0.6) is 11.5 Å². The quantitative estimate of drug-likeness (QED) is 0.620. The lowest BCUT2D eigenvalue weighted by molar-refractivity contribution is -0.116. The monoisotopic (exact) mass is 446 g/mol. The molecule has 0 atom stereocenters. The zero-order valence-electron chi connectivity index (χ0n) is 14.7. The maximum absolute atomic E-state index is 13.8. The predicted molar refractivity (Wildman–Crippen MR) is 104 cm³/mol. The Morgan fingerprint density at radius 2 is 1.93 bits per heavy atom. The number of fused-ring (bicyclic) bond motifs is 1. The molecule has 0 unspecified atom stereocenters. The van der Waals surface area contributed by atoms with E-state index in [-0.39, 0.29) is 18.1 Å². The second-order valence-electron chi connectivity index (χ2n) is 6.12. The van der Waals surface area contributed by atoms with Crippen LogP contribution >= 0.6 is 15.9 Å². The summed E-state index contributed by atoms with van der Waals surface area (Å²) < 4.78 is 31.1. The van der Waals surface area contributed by atoms with Gasteiger partial charge in [0.05, 0.1) is 17.4 Å². The van der Waals surface area contributed by atoms with Crippen molar-refractivity contribution in [3.05, 3.63) is 58.8 Å². The van der Waals surface area contributed by atoms with Crippen LogP contribution in [0.25, 0.3) is 11.3 Å². The van der Waals surface area contributed by atoms with Crippen LogP contribution in [-0.4, -0.2) is 24.1 Å². The van der Waals surface area contributed by atoms with Crippen molar-refractivity contribution in [1.29, 1.82) is 0 Å². The number of oxazole rings is 1. The highest BCUT2D eigenvalue weighted by Crippen LogP contribution is 2.38. The van der Waals surface area contributed by atoms with Gasteiger partial charge < -0.3 is 19.2 Å². The van der Waals surface area contributed by atoms with Gasteiger partial charge in [-0.2, -0.15) is 0 Å². The average Bonchev–Trinajstić information content (AvgIpc) is 3.16. The van der Waals surface area contributed by atoms with Crippen LogP contribution in [0, 0.1) is 5.82 Å². The van der Waals surface area contributed by atoms with Crippen molar-refractivity contribution in [1.82, 2.24) is 4.98 Å². The molecule has 0 spiro atoms. The highest BCUT2D eigenvalue weighted by Gasteiger charge is 2.17. The Labute approximate surface area is 168 Å². The largest absolute Gasteiger partial charge is 0.486 e. The Hall–Kier alpha value is -2.87. The van der Waals surface area contributed by atoms with Gasteiger partial charge in [-0.1, -0.05) is 12.1 Å². The molecule has 4 rings (SSSR count). The van der Waals surface area contributed by atoms with E-state index in [9.17, 15) is 9.18 Å². The van der Waals surface area contributed by atoms with Crippen LogP contribution in [0.15, 0.2) is 51.5 Å². The highest BCUT2D eigenvalue weighted by molar-refractivity contribution is 9.10. The number of hydrogen-bond donors (Lipinski definition) is 1. The zero-order valence-corrected chi connectivity index (χ0v) is 16.3. The van der Waals surface area contributed by atoms with Crippen LogP contribution in [-0.2, 0) is 11.2 Å². The number of ether oxygens (including phenoxy) is 2. The van der Waals surface area contributed by atoms with Crippen molar-refractivity contribution in [2.45, 2.75) is 12.8 Å². The van der Waals surface area contributed by atoms with E-state index in [1.165, 1.54) is 12.3 Å². The maximum atomic E-state index is 13.8. The minimum atomic E-state index is -0.383. The molecule has 1 N–H and O–H groups in total. The van der Waals surface area contributed by atoms with Gasteiger partial charge in [0.25, 0.3) is 0 Å². The van der Waals surface area contributed by atoms with Crippen molar-refractivity contribution in [2.75, 3.05) is 18.5 Å². The number of anilines is 1. The zero-order chi connectivity index (χ0) is 19.5. The van der Waals surface area contributed by atoms with Gasteiger partial charge in [-0.25, -0.2) is 9.37 Å². The Morgan fingerprint density at radius 1 is 1.18 bits per heavy atom. The minimum absolute atomic E-state index is 0.165. The average molecular weight is 447 g/mol. The Kier molecular flexibility index (Phi) is 5.29. The number of halogens is 2. The van der Waals surface area contributed by atoms with E-state index in [0.29, 0.717) is 58.5 Å². The molecule has 0 saturated heterocycles. The number of nitrogens with one attached hydrogen (secondary N) is 1. The van der Waals surface area contributed by atoms with Crippen LogP contribution in [0.2, 0.25) is 0 Å². The predicted octanol–water partition coefficient (Wildman–Crippen LogP) is 4.59. The summed E-state index contributed by atoms with van der Waals surface area (Å²) in [6, 6.07) is 9.79. The molecule has 0 fully saturated rings. The third kappa shape index (κ3) is 4.01. The van der Waals surface area contributed by atoms with Gasteiger partial charge in [0, 0.05) is 29.4 Å². The number of benzene rings is 2. The summed E-state index contributed by atoms with van der Waals surface area (Å²) in [7, 11) is 0. The summed E-state index contributed by atoms with van der Waals surface area (Å²) in [4.78, 5) is 16.4. The summed E-state index contributed by atoms with van der Waals surface area (Å²) in [6.07, 6.45) is 1.92. The number of carbonyl (C=O) groups is 1. The summed E-state index contributed by atoms with van der Waals surface area (Å²) >= 11 is 3.42. The molecule has 2 aromatic carbocycles. The Bertz CT molecular complexity index is 1020. The molecule has 28 heavy (non-hydrogen) atoms. The summed E-state index contributed by atoms with van der Waals surface area (Å²) in [5.41, 5.74) is 0.930. The fourth-order valence-corrected chi connectivity index (χ4v) is 3.23. The van der Waals surface area contributed by atoms with E-state index in [1.54, 1.807) is 30.3 Å². The topological polar surface area (TPSA) is 73.6 Å². The summed E-state index contributed by atoms with van der Waals surface area (Å²) in [6.45, 7) is 0.965. The molecule has 2 heterocycles. The van der Waals surface area contributed by atoms with Crippen LogP contribution in [0.1, 0.15) is 12.3 Å².